The summed E-state index contributed by atoms with van der Waals surface area (Å²) in [5.74, 6) is 0.181. The van der Waals surface area contributed by atoms with Gasteiger partial charge in [-0.15, -0.1) is 0 Å². The lowest BCUT2D eigenvalue weighted by Gasteiger charge is -2.17. The van der Waals surface area contributed by atoms with Crippen LogP contribution in [0.1, 0.15) is 26.2 Å². The van der Waals surface area contributed by atoms with E-state index in [1.54, 1.807) is 0 Å². The predicted octanol–water partition coefficient (Wildman–Crippen LogP) is 1.19. The zero-order valence-corrected chi connectivity index (χ0v) is 7.62. The minimum atomic E-state index is -0.715. The third kappa shape index (κ3) is 3.72. The van der Waals surface area contributed by atoms with Crippen molar-refractivity contribution in [3.63, 3.8) is 0 Å². The van der Waals surface area contributed by atoms with E-state index in [0.29, 0.717) is 0 Å². The molecule has 3 nitrogen and oxygen atoms in total. The molecular weight excluding hydrogens is 154 g/mol. The van der Waals surface area contributed by atoms with Crippen LogP contribution in [0, 0.1) is 5.92 Å². The monoisotopic (exact) mass is 171 g/mol. The van der Waals surface area contributed by atoms with Crippen molar-refractivity contribution in [3.8, 4) is 0 Å². The minimum Gasteiger partial charge on any atom is -0.480 e. The normalized spacial score (nSPS) is 16.8. The lowest BCUT2D eigenvalue weighted by molar-refractivity contribution is -0.138. The van der Waals surface area contributed by atoms with Crippen molar-refractivity contribution in [2.24, 2.45) is 5.92 Å². The highest BCUT2D eigenvalue weighted by Gasteiger charge is 2.21. The first-order valence-corrected chi connectivity index (χ1v) is 4.66. The van der Waals surface area contributed by atoms with Crippen molar-refractivity contribution in [1.29, 1.82) is 0 Å². The second kappa shape index (κ2) is 4.45. The number of carbonyl (C=O) groups is 1. The molecule has 1 aliphatic rings. The third-order valence-corrected chi connectivity index (χ3v) is 2.36. The molecule has 0 heterocycles. The molecule has 0 amide bonds. The van der Waals surface area contributed by atoms with Crippen LogP contribution in [0.2, 0.25) is 0 Å². The van der Waals surface area contributed by atoms with Crippen LogP contribution in [-0.4, -0.2) is 35.6 Å². The van der Waals surface area contributed by atoms with E-state index in [1.165, 1.54) is 19.3 Å². The molecule has 0 aromatic carbocycles. The van der Waals surface area contributed by atoms with Crippen molar-refractivity contribution in [1.82, 2.24) is 4.90 Å². The summed E-state index contributed by atoms with van der Waals surface area (Å²) in [6.07, 6.45) is 3.89. The average molecular weight is 171 g/mol. The largest absolute Gasteiger partial charge is 0.480 e. The Morgan fingerprint density at radius 2 is 2.25 bits per heavy atom. The van der Waals surface area contributed by atoms with E-state index in [1.807, 2.05) is 11.8 Å². The Morgan fingerprint density at radius 3 is 2.67 bits per heavy atom. The fourth-order valence-corrected chi connectivity index (χ4v) is 1.31. The number of hydrogen-bond donors (Lipinski definition) is 1. The van der Waals surface area contributed by atoms with E-state index in [0.717, 1.165) is 19.0 Å². The number of hydrogen-bond acceptors (Lipinski definition) is 2. The van der Waals surface area contributed by atoms with Gasteiger partial charge >= 0.3 is 5.97 Å². The smallest absolute Gasteiger partial charge is 0.317 e. The molecule has 1 rings (SSSR count). The SMILES string of the molecule is CCN(CCC1CC1)CC(=O)O. The van der Waals surface area contributed by atoms with E-state index >= 15 is 0 Å². The van der Waals surface area contributed by atoms with Gasteiger partial charge in [-0.05, 0) is 25.4 Å². The third-order valence-electron chi connectivity index (χ3n) is 2.36. The van der Waals surface area contributed by atoms with Crippen LogP contribution in [0.3, 0.4) is 0 Å². The standard InChI is InChI=1S/C9H17NO2/c1-2-10(7-9(11)12)6-5-8-3-4-8/h8H,2-7H2,1H3,(H,11,12). The zero-order chi connectivity index (χ0) is 8.97. The summed E-state index contributed by atoms with van der Waals surface area (Å²) >= 11 is 0. The summed E-state index contributed by atoms with van der Waals surface area (Å²) in [7, 11) is 0. The van der Waals surface area contributed by atoms with E-state index in [9.17, 15) is 4.79 Å². The summed E-state index contributed by atoms with van der Waals surface area (Å²) in [5, 5.41) is 8.55. The summed E-state index contributed by atoms with van der Waals surface area (Å²) in [6.45, 7) is 4.01. The van der Waals surface area contributed by atoms with Gasteiger partial charge in [-0.2, -0.15) is 0 Å². The van der Waals surface area contributed by atoms with Crippen LogP contribution < -0.4 is 0 Å². The molecule has 0 unspecified atom stereocenters. The fraction of sp³-hybridized carbons (Fsp3) is 0.889. The van der Waals surface area contributed by atoms with Gasteiger partial charge in [0.15, 0.2) is 0 Å². The molecule has 1 aliphatic carbocycles. The number of carboxylic acids is 1. The molecule has 1 saturated carbocycles. The maximum absolute atomic E-state index is 10.4. The molecule has 0 atom stereocenters. The van der Waals surface area contributed by atoms with Crippen LogP contribution >= 0.6 is 0 Å². The summed E-state index contributed by atoms with van der Waals surface area (Å²) in [4.78, 5) is 12.4. The molecule has 0 aromatic rings. The van der Waals surface area contributed by atoms with Crippen molar-refractivity contribution in [2.75, 3.05) is 19.6 Å². The molecule has 0 spiro atoms. The molecular formula is C9H17NO2. The molecule has 1 fully saturated rings. The molecule has 70 valence electrons. The summed E-state index contributed by atoms with van der Waals surface area (Å²) < 4.78 is 0. The molecule has 0 aliphatic heterocycles. The van der Waals surface area contributed by atoms with E-state index in [4.69, 9.17) is 5.11 Å². The van der Waals surface area contributed by atoms with Crippen molar-refractivity contribution in [2.45, 2.75) is 26.2 Å². The van der Waals surface area contributed by atoms with Gasteiger partial charge in [-0.3, -0.25) is 9.69 Å². The molecule has 0 aromatic heterocycles. The zero-order valence-electron chi connectivity index (χ0n) is 7.62. The Kier molecular flexibility index (Phi) is 3.53. The van der Waals surface area contributed by atoms with E-state index in [-0.39, 0.29) is 6.54 Å². The second-order valence-electron chi connectivity index (χ2n) is 3.49. The fourth-order valence-electron chi connectivity index (χ4n) is 1.31. The topological polar surface area (TPSA) is 40.5 Å². The van der Waals surface area contributed by atoms with Gasteiger partial charge in [-0.1, -0.05) is 19.8 Å². The van der Waals surface area contributed by atoms with Crippen LogP contribution in [-0.2, 0) is 4.79 Å². The van der Waals surface area contributed by atoms with Gasteiger partial charge in [0.25, 0.3) is 0 Å². The number of rotatable bonds is 6. The van der Waals surface area contributed by atoms with E-state index < -0.39 is 5.97 Å². The Balaban J connectivity index is 2.10. The van der Waals surface area contributed by atoms with Gasteiger partial charge in [0.1, 0.15) is 0 Å². The number of likely N-dealkylation sites (N-methyl/N-ethyl adjacent to an activating group) is 1. The first-order chi connectivity index (χ1) is 5.72. The highest BCUT2D eigenvalue weighted by molar-refractivity contribution is 5.69. The Hall–Kier alpha value is -0.570. The van der Waals surface area contributed by atoms with Gasteiger partial charge in [0.2, 0.25) is 0 Å². The molecule has 1 N–H and O–H groups in total. The lowest BCUT2D eigenvalue weighted by atomic mass is 10.3. The highest BCUT2D eigenvalue weighted by Crippen LogP contribution is 2.32. The number of aliphatic carboxylic acids is 1. The van der Waals surface area contributed by atoms with Gasteiger partial charge < -0.3 is 5.11 Å². The average Bonchev–Trinajstić information content (AvgIpc) is 2.80. The summed E-state index contributed by atoms with van der Waals surface area (Å²) in [6, 6.07) is 0. The van der Waals surface area contributed by atoms with Crippen LogP contribution in [0.25, 0.3) is 0 Å². The predicted molar refractivity (Wildman–Crippen MR) is 47.1 cm³/mol. The van der Waals surface area contributed by atoms with E-state index in [2.05, 4.69) is 0 Å². The lowest BCUT2D eigenvalue weighted by Crippen LogP contribution is -2.30. The number of nitrogens with zero attached hydrogens (tertiary/aromatic N) is 1. The molecule has 12 heavy (non-hydrogen) atoms. The van der Waals surface area contributed by atoms with Gasteiger partial charge in [-0.25, -0.2) is 0 Å². The van der Waals surface area contributed by atoms with Crippen LogP contribution in [0.5, 0.6) is 0 Å². The van der Waals surface area contributed by atoms with Crippen LogP contribution in [0.4, 0.5) is 0 Å². The molecule has 0 radical (unpaired) electrons. The molecule has 0 saturated heterocycles. The Labute approximate surface area is 73.4 Å². The first kappa shape index (κ1) is 9.52. The first-order valence-electron chi connectivity index (χ1n) is 4.66. The second-order valence-corrected chi connectivity index (χ2v) is 3.49. The van der Waals surface area contributed by atoms with Gasteiger partial charge in [0.05, 0.1) is 6.54 Å². The van der Waals surface area contributed by atoms with Crippen LogP contribution in [0.15, 0.2) is 0 Å². The quantitative estimate of drug-likeness (QED) is 0.652. The maximum Gasteiger partial charge on any atom is 0.317 e. The summed E-state index contributed by atoms with van der Waals surface area (Å²) in [5.41, 5.74) is 0. The molecule has 3 heteroatoms. The minimum absolute atomic E-state index is 0.198. The maximum atomic E-state index is 10.4. The van der Waals surface area contributed by atoms with Crippen molar-refractivity contribution >= 4 is 5.97 Å². The Morgan fingerprint density at radius 1 is 1.58 bits per heavy atom. The van der Waals surface area contributed by atoms with Crippen molar-refractivity contribution in [3.05, 3.63) is 0 Å². The van der Waals surface area contributed by atoms with Gasteiger partial charge in [0, 0.05) is 0 Å². The molecule has 0 bridgehead atoms. The highest BCUT2D eigenvalue weighted by atomic mass is 16.4. The van der Waals surface area contributed by atoms with Crippen molar-refractivity contribution < 1.29 is 9.90 Å². The number of carboxylic acid groups (broad SMARTS) is 1. The Bertz CT molecular complexity index is 155.